The minimum Gasteiger partial charge on any atom is -0.317 e. The fourth-order valence-corrected chi connectivity index (χ4v) is 4.06. The Labute approximate surface area is 163 Å². The summed E-state index contributed by atoms with van der Waals surface area (Å²) >= 11 is 0. The van der Waals surface area contributed by atoms with Crippen LogP contribution in [-0.2, 0) is 27.2 Å². The molecule has 0 saturated carbocycles. The van der Waals surface area contributed by atoms with E-state index in [-0.39, 0.29) is 11.2 Å². The molecular weight excluding hydrogens is 354 g/mol. The quantitative estimate of drug-likeness (QED) is 0.691. The summed E-state index contributed by atoms with van der Waals surface area (Å²) in [5.41, 5.74) is 2.66. The van der Waals surface area contributed by atoms with Crippen molar-refractivity contribution in [2.24, 2.45) is 14.1 Å². The number of nitrogens with zero attached hydrogens (tertiary/aromatic N) is 5. The van der Waals surface area contributed by atoms with Crippen LogP contribution in [0.4, 0.5) is 0 Å². The van der Waals surface area contributed by atoms with Crippen molar-refractivity contribution < 1.29 is 0 Å². The summed E-state index contributed by atoms with van der Waals surface area (Å²) in [5, 5.41) is 0. The Morgan fingerprint density at radius 2 is 1.68 bits per heavy atom. The van der Waals surface area contributed by atoms with Crippen LogP contribution in [0.3, 0.4) is 0 Å². The minimum absolute atomic E-state index is 0.288. The Morgan fingerprint density at radius 3 is 2.39 bits per heavy atom. The second-order valence-corrected chi connectivity index (χ2v) is 7.76. The van der Waals surface area contributed by atoms with Crippen LogP contribution in [0.1, 0.15) is 36.2 Å². The van der Waals surface area contributed by atoms with Crippen LogP contribution in [0.15, 0.2) is 33.9 Å². The van der Waals surface area contributed by atoms with Crippen LogP contribution in [0, 0.1) is 6.92 Å². The molecule has 7 nitrogen and oxygen atoms in total. The summed E-state index contributed by atoms with van der Waals surface area (Å²) in [7, 11) is 3.21. The third-order valence-corrected chi connectivity index (χ3v) is 5.83. The van der Waals surface area contributed by atoms with Gasteiger partial charge in [0.05, 0.1) is 6.54 Å². The van der Waals surface area contributed by atoms with Gasteiger partial charge in [-0.3, -0.25) is 18.8 Å². The number of fused-ring (bicyclic) bond motifs is 1. The lowest BCUT2D eigenvalue weighted by molar-refractivity contribution is 0.214. The molecule has 1 saturated heterocycles. The number of aromatic nitrogens is 4. The Bertz CT molecular complexity index is 1130. The SMILES string of the molecule is Cc1ccccc1Cn1c(CN2CCCCC2)nc2c1c(=O)n(C)c(=O)n2C. The zero-order chi connectivity index (χ0) is 19.8. The molecule has 1 aliphatic heterocycles. The van der Waals surface area contributed by atoms with E-state index in [1.54, 1.807) is 7.05 Å². The number of aryl methyl sites for hydroxylation is 2. The van der Waals surface area contributed by atoms with Crippen molar-refractivity contribution in [3.05, 3.63) is 62.1 Å². The highest BCUT2D eigenvalue weighted by atomic mass is 16.2. The smallest absolute Gasteiger partial charge is 0.317 e. The number of hydrogen-bond acceptors (Lipinski definition) is 4. The molecule has 0 bridgehead atoms. The summed E-state index contributed by atoms with van der Waals surface area (Å²) in [6, 6.07) is 8.19. The minimum atomic E-state index is -0.345. The van der Waals surface area contributed by atoms with E-state index in [1.807, 2.05) is 16.7 Å². The fourth-order valence-electron chi connectivity index (χ4n) is 4.06. The predicted octanol–water partition coefficient (Wildman–Crippen LogP) is 1.78. The number of benzene rings is 1. The van der Waals surface area contributed by atoms with Crippen molar-refractivity contribution in [2.75, 3.05) is 13.1 Å². The molecule has 0 N–H and O–H groups in total. The van der Waals surface area contributed by atoms with Gasteiger partial charge in [-0.2, -0.15) is 0 Å². The summed E-state index contributed by atoms with van der Waals surface area (Å²) in [4.78, 5) is 32.5. The molecule has 3 aromatic rings. The highest BCUT2D eigenvalue weighted by molar-refractivity contribution is 5.71. The average Bonchev–Trinajstić information content (AvgIpc) is 3.05. The maximum absolute atomic E-state index is 13.0. The second kappa shape index (κ2) is 7.39. The van der Waals surface area contributed by atoms with Crippen molar-refractivity contribution in [3.8, 4) is 0 Å². The van der Waals surface area contributed by atoms with Crippen LogP contribution in [-0.4, -0.2) is 36.7 Å². The van der Waals surface area contributed by atoms with E-state index in [1.165, 1.54) is 41.0 Å². The van der Waals surface area contributed by atoms with Crippen LogP contribution in [0.5, 0.6) is 0 Å². The highest BCUT2D eigenvalue weighted by Gasteiger charge is 2.21. The van der Waals surface area contributed by atoms with Crippen LogP contribution in [0.25, 0.3) is 11.2 Å². The topological polar surface area (TPSA) is 65.1 Å². The van der Waals surface area contributed by atoms with Crippen LogP contribution >= 0.6 is 0 Å². The van der Waals surface area contributed by atoms with E-state index in [2.05, 4.69) is 24.0 Å². The lowest BCUT2D eigenvalue weighted by Gasteiger charge is -2.26. The fraction of sp³-hybridized carbons (Fsp3) is 0.476. The molecule has 0 atom stereocenters. The van der Waals surface area contributed by atoms with Gasteiger partial charge in [0.15, 0.2) is 11.2 Å². The number of piperidine rings is 1. The molecule has 28 heavy (non-hydrogen) atoms. The van der Waals surface area contributed by atoms with E-state index in [0.29, 0.717) is 24.3 Å². The Balaban J connectivity index is 1.90. The largest absolute Gasteiger partial charge is 0.332 e. The first kappa shape index (κ1) is 18.7. The summed E-state index contributed by atoms with van der Waals surface area (Å²) in [5.74, 6) is 0.846. The molecule has 1 aromatic carbocycles. The molecule has 0 spiro atoms. The molecule has 0 aliphatic carbocycles. The molecule has 0 unspecified atom stereocenters. The summed E-state index contributed by atoms with van der Waals surface area (Å²) in [6.45, 7) is 5.43. The molecule has 1 aliphatic rings. The van der Waals surface area contributed by atoms with Gasteiger partial charge in [0.2, 0.25) is 0 Å². The van der Waals surface area contributed by atoms with Crippen LogP contribution < -0.4 is 11.2 Å². The zero-order valence-corrected chi connectivity index (χ0v) is 16.8. The monoisotopic (exact) mass is 381 g/mol. The standard InChI is InChI=1S/C21H27N5O2/c1-15-9-5-6-10-16(15)13-26-17(14-25-11-7-4-8-12-25)22-19-18(26)20(27)24(3)21(28)23(19)2/h5-6,9-10H,4,7-8,11-14H2,1-3H3. The van der Waals surface area contributed by atoms with Gasteiger partial charge in [-0.1, -0.05) is 30.7 Å². The van der Waals surface area contributed by atoms with E-state index in [9.17, 15) is 9.59 Å². The third-order valence-electron chi connectivity index (χ3n) is 5.83. The molecule has 1 fully saturated rings. The van der Waals surface area contributed by atoms with Gasteiger partial charge in [0.25, 0.3) is 5.56 Å². The highest BCUT2D eigenvalue weighted by Crippen LogP contribution is 2.19. The Morgan fingerprint density at radius 1 is 0.964 bits per heavy atom. The van der Waals surface area contributed by atoms with Gasteiger partial charge in [0.1, 0.15) is 5.82 Å². The molecule has 2 aromatic heterocycles. The molecule has 148 valence electrons. The lowest BCUT2D eigenvalue weighted by Crippen LogP contribution is -2.37. The summed E-state index contributed by atoms with van der Waals surface area (Å²) < 4.78 is 4.65. The maximum Gasteiger partial charge on any atom is 0.332 e. The van der Waals surface area contributed by atoms with Crippen molar-refractivity contribution >= 4 is 11.2 Å². The van der Waals surface area contributed by atoms with Gasteiger partial charge in [-0.05, 0) is 44.0 Å². The van der Waals surface area contributed by atoms with Gasteiger partial charge in [-0.25, -0.2) is 9.78 Å². The Hall–Kier alpha value is -2.67. The van der Waals surface area contributed by atoms with Crippen molar-refractivity contribution in [3.63, 3.8) is 0 Å². The first-order valence-corrected chi connectivity index (χ1v) is 9.89. The van der Waals surface area contributed by atoms with Crippen molar-refractivity contribution in [2.45, 2.75) is 39.3 Å². The van der Waals surface area contributed by atoms with Crippen LogP contribution in [0.2, 0.25) is 0 Å². The zero-order valence-electron chi connectivity index (χ0n) is 16.8. The Kier molecular flexibility index (Phi) is 4.93. The van der Waals surface area contributed by atoms with E-state index < -0.39 is 0 Å². The number of likely N-dealkylation sites (tertiary alicyclic amines) is 1. The predicted molar refractivity (Wildman–Crippen MR) is 110 cm³/mol. The number of hydrogen-bond donors (Lipinski definition) is 0. The number of rotatable bonds is 4. The molecule has 4 rings (SSSR count). The van der Waals surface area contributed by atoms with Crippen molar-refractivity contribution in [1.82, 2.24) is 23.6 Å². The van der Waals surface area contributed by atoms with Gasteiger partial charge in [-0.15, -0.1) is 0 Å². The normalized spacial score (nSPS) is 15.4. The first-order chi connectivity index (χ1) is 13.5. The molecule has 3 heterocycles. The maximum atomic E-state index is 13.0. The molecule has 0 radical (unpaired) electrons. The van der Waals surface area contributed by atoms with Gasteiger partial charge < -0.3 is 4.57 Å². The molecule has 0 amide bonds. The van der Waals surface area contributed by atoms with Gasteiger partial charge in [0, 0.05) is 20.6 Å². The average molecular weight is 381 g/mol. The number of imidazole rings is 1. The van der Waals surface area contributed by atoms with E-state index >= 15 is 0 Å². The molecular formula is C21H27N5O2. The lowest BCUT2D eigenvalue weighted by atomic mass is 10.1. The van der Waals surface area contributed by atoms with Crippen molar-refractivity contribution in [1.29, 1.82) is 0 Å². The summed E-state index contributed by atoms with van der Waals surface area (Å²) in [6.07, 6.45) is 3.65. The van der Waals surface area contributed by atoms with E-state index in [0.717, 1.165) is 24.5 Å². The molecule has 7 heteroatoms. The second-order valence-electron chi connectivity index (χ2n) is 7.76. The van der Waals surface area contributed by atoms with E-state index in [4.69, 9.17) is 4.98 Å². The third kappa shape index (κ3) is 3.20. The first-order valence-electron chi connectivity index (χ1n) is 9.89. The van der Waals surface area contributed by atoms with Gasteiger partial charge >= 0.3 is 5.69 Å².